The van der Waals surface area contributed by atoms with Gasteiger partial charge in [0, 0.05) is 29.8 Å². The maximum Gasteiger partial charge on any atom is 0.432 e. The van der Waals surface area contributed by atoms with E-state index in [1.54, 1.807) is 0 Å². The standard InChI is InChI=1S/C30H13F11O2/c1-2-5-42-16-10-21(33)27(22(34)11-16)15-8-23(35)28(24(36)9-15)30(40,41)43-17-12-19(31)18(20(32)13-17)4-3-14-6-25(37)29(39)26(38)7-14/h2,6-13H,1,5H2. The van der Waals surface area contributed by atoms with Gasteiger partial charge in [-0.1, -0.05) is 24.5 Å². The van der Waals surface area contributed by atoms with Gasteiger partial charge in [-0.05, 0) is 29.8 Å². The van der Waals surface area contributed by atoms with E-state index in [0.717, 1.165) is 0 Å². The van der Waals surface area contributed by atoms with Crippen molar-refractivity contribution < 1.29 is 57.8 Å². The van der Waals surface area contributed by atoms with Crippen molar-refractivity contribution in [1.29, 1.82) is 0 Å². The van der Waals surface area contributed by atoms with Gasteiger partial charge in [-0.2, -0.15) is 8.78 Å². The summed E-state index contributed by atoms with van der Waals surface area (Å²) in [5, 5.41) is 0. The maximum absolute atomic E-state index is 14.8. The number of halogens is 11. The minimum Gasteiger partial charge on any atom is -0.489 e. The number of hydrogen-bond acceptors (Lipinski definition) is 2. The topological polar surface area (TPSA) is 18.5 Å². The van der Waals surface area contributed by atoms with Crippen LogP contribution in [0.4, 0.5) is 48.3 Å². The summed E-state index contributed by atoms with van der Waals surface area (Å²) in [6.45, 7) is 3.24. The second-order valence-electron chi connectivity index (χ2n) is 8.56. The third-order valence-electron chi connectivity index (χ3n) is 5.58. The molecule has 0 heterocycles. The highest BCUT2D eigenvalue weighted by Gasteiger charge is 2.42. The van der Waals surface area contributed by atoms with E-state index in [1.165, 1.54) is 6.08 Å². The number of alkyl halides is 2. The van der Waals surface area contributed by atoms with Crippen LogP contribution in [0.5, 0.6) is 11.5 Å². The van der Waals surface area contributed by atoms with E-state index in [-0.39, 0.29) is 36.6 Å². The predicted octanol–water partition coefficient (Wildman–Crippen LogP) is 8.70. The molecule has 0 aliphatic rings. The van der Waals surface area contributed by atoms with Gasteiger partial charge in [0.25, 0.3) is 0 Å². The molecule has 2 nitrogen and oxygen atoms in total. The summed E-state index contributed by atoms with van der Waals surface area (Å²) in [6, 6.07) is 3.00. The van der Waals surface area contributed by atoms with E-state index in [9.17, 15) is 48.3 Å². The molecule has 0 N–H and O–H groups in total. The molecule has 0 radical (unpaired) electrons. The first-order chi connectivity index (χ1) is 20.2. The summed E-state index contributed by atoms with van der Waals surface area (Å²) in [6.07, 6.45) is -3.63. The molecule has 0 spiro atoms. The van der Waals surface area contributed by atoms with Gasteiger partial charge in [-0.25, -0.2) is 39.5 Å². The normalized spacial score (nSPS) is 11.1. The van der Waals surface area contributed by atoms with Crippen LogP contribution in [0.2, 0.25) is 0 Å². The summed E-state index contributed by atoms with van der Waals surface area (Å²) < 4.78 is 166. The SMILES string of the molecule is C=CCOc1cc(F)c(-c2cc(F)c(C(F)(F)Oc3cc(F)c(C#Cc4cc(F)c(F)c(F)c4)c(F)c3)c(F)c2)c(F)c1. The van der Waals surface area contributed by atoms with Crippen molar-refractivity contribution in [2.24, 2.45) is 0 Å². The second-order valence-corrected chi connectivity index (χ2v) is 8.56. The number of rotatable bonds is 7. The highest BCUT2D eigenvalue weighted by atomic mass is 19.3. The highest BCUT2D eigenvalue weighted by molar-refractivity contribution is 5.67. The summed E-state index contributed by atoms with van der Waals surface area (Å²) in [5.74, 6) is -12.7. The largest absolute Gasteiger partial charge is 0.489 e. The molecule has 0 saturated heterocycles. The third-order valence-corrected chi connectivity index (χ3v) is 5.58. The first-order valence-electron chi connectivity index (χ1n) is 11.7. The van der Waals surface area contributed by atoms with Gasteiger partial charge in [0.1, 0.15) is 58.6 Å². The molecule has 0 unspecified atom stereocenters. The Balaban J connectivity index is 1.63. The average molecular weight is 614 g/mol. The van der Waals surface area contributed by atoms with Crippen molar-refractivity contribution in [3.05, 3.63) is 130 Å². The molecule has 0 aliphatic carbocycles. The minimum absolute atomic E-state index is 0.117. The molecule has 0 aliphatic heterocycles. The van der Waals surface area contributed by atoms with Gasteiger partial charge in [0.2, 0.25) is 0 Å². The van der Waals surface area contributed by atoms with Crippen molar-refractivity contribution >= 4 is 0 Å². The fourth-order valence-electron chi connectivity index (χ4n) is 3.75. The Labute approximate surface area is 235 Å². The maximum atomic E-state index is 14.8. The van der Waals surface area contributed by atoms with Gasteiger partial charge >= 0.3 is 6.11 Å². The number of benzene rings is 4. The summed E-state index contributed by atoms with van der Waals surface area (Å²) in [5.41, 5.74) is -5.42. The van der Waals surface area contributed by atoms with Gasteiger partial charge in [0.05, 0.1) is 11.1 Å². The van der Waals surface area contributed by atoms with Crippen molar-refractivity contribution in [1.82, 2.24) is 0 Å². The second kappa shape index (κ2) is 12.1. The van der Waals surface area contributed by atoms with Crippen LogP contribution in [0.15, 0.2) is 61.2 Å². The molecule has 4 aromatic carbocycles. The van der Waals surface area contributed by atoms with E-state index in [2.05, 4.69) is 11.3 Å². The molecule has 0 bridgehead atoms. The third kappa shape index (κ3) is 6.58. The van der Waals surface area contributed by atoms with E-state index in [4.69, 9.17) is 4.74 Å². The lowest BCUT2D eigenvalue weighted by atomic mass is 10.0. The van der Waals surface area contributed by atoms with Crippen LogP contribution in [0, 0.1) is 64.2 Å². The fraction of sp³-hybridized carbons (Fsp3) is 0.0667. The highest BCUT2D eigenvalue weighted by Crippen LogP contribution is 2.39. The Morgan fingerprint density at radius 2 is 1.14 bits per heavy atom. The molecule has 0 atom stereocenters. The quantitative estimate of drug-likeness (QED) is 0.0898. The lowest BCUT2D eigenvalue weighted by Gasteiger charge is -2.20. The molecule has 0 aromatic heterocycles. The molecule has 0 amide bonds. The summed E-state index contributed by atoms with van der Waals surface area (Å²) in [7, 11) is 0. The van der Waals surface area contributed by atoms with Gasteiger partial charge in [0.15, 0.2) is 17.5 Å². The zero-order chi connectivity index (χ0) is 31.6. The number of ether oxygens (including phenoxy) is 2. The summed E-state index contributed by atoms with van der Waals surface area (Å²) in [4.78, 5) is 0. The van der Waals surface area contributed by atoms with Crippen molar-refractivity contribution in [3.8, 4) is 34.5 Å². The van der Waals surface area contributed by atoms with Crippen LogP contribution in [0.25, 0.3) is 11.1 Å². The smallest absolute Gasteiger partial charge is 0.432 e. The zero-order valence-electron chi connectivity index (χ0n) is 21.1. The molecule has 0 fully saturated rings. The lowest BCUT2D eigenvalue weighted by Crippen LogP contribution is -2.25. The molecule has 0 saturated carbocycles. The van der Waals surface area contributed by atoms with Crippen LogP contribution in [-0.4, -0.2) is 6.61 Å². The van der Waals surface area contributed by atoms with Crippen molar-refractivity contribution in [3.63, 3.8) is 0 Å². The Hall–Kier alpha value is -4.99. The average Bonchev–Trinajstić information content (AvgIpc) is 2.88. The van der Waals surface area contributed by atoms with Crippen LogP contribution in [0.1, 0.15) is 16.7 Å². The van der Waals surface area contributed by atoms with Crippen molar-refractivity contribution in [2.75, 3.05) is 6.61 Å². The van der Waals surface area contributed by atoms with E-state index in [1.807, 2.05) is 11.8 Å². The molecular formula is C30H13F11O2. The van der Waals surface area contributed by atoms with Gasteiger partial charge in [-0.15, -0.1) is 0 Å². The van der Waals surface area contributed by atoms with Crippen LogP contribution in [-0.2, 0) is 6.11 Å². The summed E-state index contributed by atoms with van der Waals surface area (Å²) >= 11 is 0. The monoisotopic (exact) mass is 614 g/mol. The molecule has 43 heavy (non-hydrogen) atoms. The molecule has 13 heteroatoms. The van der Waals surface area contributed by atoms with Crippen molar-refractivity contribution in [2.45, 2.75) is 6.11 Å². The van der Waals surface area contributed by atoms with E-state index < -0.39 is 92.0 Å². The first-order valence-corrected chi connectivity index (χ1v) is 11.7. The Bertz CT molecular complexity index is 1710. The van der Waals surface area contributed by atoms with E-state index in [0.29, 0.717) is 24.3 Å². The van der Waals surface area contributed by atoms with Gasteiger partial charge < -0.3 is 9.47 Å². The molecule has 4 rings (SSSR count). The molecular weight excluding hydrogens is 601 g/mol. The molecule has 222 valence electrons. The first kappa shape index (κ1) is 31.0. The van der Waals surface area contributed by atoms with Crippen LogP contribution >= 0.6 is 0 Å². The van der Waals surface area contributed by atoms with Crippen LogP contribution < -0.4 is 9.47 Å². The van der Waals surface area contributed by atoms with Gasteiger partial charge in [-0.3, -0.25) is 0 Å². The Kier molecular flexibility index (Phi) is 8.70. The van der Waals surface area contributed by atoms with E-state index >= 15 is 0 Å². The molecule has 4 aromatic rings. The number of hydrogen-bond donors (Lipinski definition) is 0. The Morgan fingerprint density at radius 3 is 1.65 bits per heavy atom. The fourth-order valence-corrected chi connectivity index (χ4v) is 3.75. The predicted molar refractivity (Wildman–Crippen MR) is 131 cm³/mol. The zero-order valence-corrected chi connectivity index (χ0v) is 21.1. The lowest BCUT2D eigenvalue weighted by molar-refractivity contribution is -0.189. The Morgan fingerprint density at radius 1 is 0.628 bits per heavy atom. The van der Waals surface area contributed by atoms with Crippen LogP contribution in [0.3, 0.4) is 0 Å². The minimum atomic E-state index is -4.92.